The topological polar surface area (TPSA) is 27.3 Å². The van der Waals surface area contributed by atoms with Gasteiger partial charge in [-0.1, -0.05) is 23.7 Å². The molecule has 2 N–H and O–H groups in total. The first-order valence-corrected chi connectivity index (χ1v) is 7.08. The number of rotatable bonds is 5. The van der Waals surface area contributed by atoms with Crippen molar-refractivity contribution in [2.45, 2.75) is 19.4 Å². The minimum atomic E-state index is 0.627. The van der Waals surface area contributed by atoms with Crippen LogP contribution in [0, 0.1) is 0 Å². The monoisotopic (exact) mass is 267 g/mol. The van der Waals surface area contributed by atoms with Crippen molar-refractivity contribution in [3.8, 4) is 0 Å². The van der Waals surface area contributed by atoms with Crippen molar-refractivity contribution in [1.82, 2.24) is 10.2 Å². The van der Waals surface area contributed by atoms with E-state index in [4.69, 9.17) is 11.6 Å². The summed E-state index contributed by atoms with van der Waals surface area (Å²) in [6, 6.07) is 8.54. The smallest absolute Gasteiger partial charge is 0.0637 e. The van der Waals surface area contributed by atoms with Crippen molar-refractivity contribution < 1.29 is 0 Å². The number of hydrogen-bond acceptors (Lipinski definition) is 3. The highest BCUT2D eigenvalue weighted by molar-refractivity contribution is 6.33. The second-order valence-electron chi connectivity index (χ2n) is 4.83. The Morgan fingerprint density at radius 3 is 2.78 bits per heavy atom. The molecule has 1 atom stereocenters. The maximum absolute atomic E-state index is 6.11. The van der Waals surface area contributed by atoms with Gasteiger partial charge in [-0.2, -0.15) is 0 Å². The molecule has 1 fully saturated rings. The van der Waals surface area contributed by atoms with Gasteiger partial charge in [0.2, 0.25) is 0 Å². The third-order valence-corrected chi connectivity index (χ3v) is 3.86. The van der Waals surface area contributed by atoms with E-state index >= 15 is 0 Å². The molecular weight excluding hydrogens is 246 g/mol. The zero-order chi connectivity index (χ0) is 12.8. The maximum Gasteiger partial charge on any atom is 0.0637 e. The molecule has 100 valence electrons. The standard InChI is InChI=1S/C14H22ClN3/c1-12(18-10-8-16-9-11-18)6-7-17-14-5-3-2-4-13(14)15/h2-5,12,16-17H,6-11H2,1H3. The van der Waals surface area contributed by atoms with Gasteiger partial charge in [-0.3, -0.25) is 4.90 Å². The van der Waals surface area contributed by atoms with Gasteiger partial charge >= 0.3 is 0 Å². The lowest BCUT2D eigenvalue weighted by Crippen LogP contribution is -2.47. The average molecular weight is 268 g/mol. The van der Waals surface area contributed by atoms with Gasteiger partial charge in [-0.05, 0) is 25.5 Å². The molecule has 1 aliphatic rings. The lowest BCUT2D eigenvalue weighted by atomic mass is 10.1. The van der Waals surface area contributed by atoms with Gasteiger partial charge < -0.3 is 10.6 Å². The number of nitrogens with one attached hydrogen (secondary N) is 2. The van der Waals surface area contributed by atoms with Crippen LogP contribution < -0.4 is 10.6 Å². The van der Waals surface area contributed by atoms with Gasteiger partial charge in [0, 0.05) is 38.8 Å². The van der Waals surface area contributed by atoms with Gasteiger partial charge in [-0.15, -0.1) is 0 Å². The van der Waals surface area contributed by atoms with Crippen molar-refractivity contribution in [2.24, 2.45) is 0 Å². The van der Waals surface area contributed by atoms with Crippen molar-refractivity contribution >= 4 is 17.3 Å². The fourth-order valence-corrected chi connectivity index (χ4v) is 2.53. The first kappa shape index (κ1) is 13.7. The van der Waals surface area contributed by atoms with Crippen LogP contribution in [-0.4, -0.2) is 43.7 Å². The fraction of sp³-hybridized carbons (Fsp3) is 0.571. The van der Waals surface area contributed by atoms with Crippen molar-refractivity contribution in [2.75, 3.05) is 38.0 Å². The highest BCUT2D eigenvalue weighted by Gasteiger charge is 2.15. The molecule has 0 bridgehead atoms. The van der Waals surface area contributed by atoms with Crippen LogP contribution in [0.1, 0.15) is 13.3 Å². The minimum Gasteiger partial charge on any atom is -0.384 e. The summed E-state index contributed by atoms with van der Waals surface area (Å²) in [6.45, 7) is 7.82. The Hall–Kier alpha value is -0.770. The molecule has 0 amide bonds. The Morgan fingerprint density at radius 1 is 1.33 bits per heavy atom. The lowest BCUT2D eigenvalue weighted by molar-refractivity contribution is 0.179. The highest BCUT2D eigenvalue weighted by atomic mass is 35.5. The molecular formula is C14H22ClN3. The Kier molecular flexibility index (Phi) is 5.29. The third kappa shape index (κ3) is 3.87. The molecule has 0 spiro atoms. The number of benzene rings is 1. The molecule has 1 aromatic rings. The first-order chi connectivity index (χ1) is 8.77. The largest absolute Gasteiger partial charge is 0.384 e. The molecule has 0 aromatic heterocycles. The van der Waals surface area contributed by atoms with Gasteiger partial charge in [0.05, 0.1) is 10.7 Å². The molecule has 2 rings (SSSR count). The van der Waals surface area contributed by atoms with Crippen LogP contribution in [0.25, 0.3) is 0 Å². The van der Waals surface area contributed by atoms with Crippen LogP contribution in [0.2, 0.25) is 5.02 Å². The van der Waals surface area contributed by atoms with Crippen LogP contribution >= 0.6 is 11.6 Å². The van der Waals surface area contributed by atoms with Crippen LogP contribution in [0.5, 0.6) is 0 Å². The second-order valence-corrected chi connectivity index (χ2v) is 5.24. The molecule has 1 heterocycles. The summed E-state index contributed by atoms with van der Waals surface area (Å²) < 4.78 is 0. The zero-order valence-corrected chi connectivity index (χ0v) is 11.7. The van der Waals surface area contributed by atoms with Crippen LogP contribution in [0.15, 0.2) is 24.3 Å². The second kappa shape index (κ2) is 6.98. The van der Waals surface area contributed by atoms with E-state index < -0.39 is 0 Å². The van der Waals surface area contributed by atoms with Crippen molar-refractivity contribution in [3.63, 3.8) is 0 Å². The number of nitrogens with zero attached hydrogens (tertiary/aromatic N) is 1. The molecule has 4 heteroatoms. The Morgan fingerprint density at radius 2 is 2.06 bits per heavy atom. The molecule has 18 heavy (non-hydrogen) atoms. The fourth-order valence-electron chi connectivity index (χ4n) is 2.33. The number of anilines is 1. The molecule has 0 radical (unpaired) electrons. The predicted octanol–water partition coefficient (Wildman–Crippen LogP) is 2.44. The summed E-state index contributed by atoms with van der Waals surface area (Å²) in [5, 5.41) is 7.59. The molecule has 1 saturated heterocycles. The summed E-state index contributed by atoms with van der Waals surface area (Å²) in [7, 11) is 0. The van der Waals surface area contributed by atoms with Crippen molar-refractivity contribution in [3.05, 3.63) is 29.3 Å². The number of para-hydroxylation sites is 1. The molecule has 0 aliphatic carbocycles. The molecule has 1 unspecified atom stereocenters. The summed E-state index contributed by atoms with van der Waals surface area (Å²) in [4.78, 5) is 2.55. The SMILES string of the molecule is CC(CCNc1ccccc1Cl)N1CCNCC1. The number of halogens is 1. The van der Waals surface area contributed by atoms with Crippen molar-refractivity contribution in [1.29, 1.82) is 0 Å². The van der Waals surface area contributed by atoms with Crippen LogP contribution in [-0.2, 0) is 0 Å². The minimum absolute atomic E-state index is 0.627. The molecule has 3 nitrogen and oxygen atoms in total. The third-order valence-electron chi connectivity index (χ3n) is 3.53. The Balaban J connectivity index is 1.73. The van der Waals surface area contributed by atoms with Gasteiger partial charge in [0.25, 0.3) is 0 Å². The number of piperazine rings is 1. The van der Waals surface area contributed by atoms with E-state index in [1.807, 2.05) is 24.3 Å². The quantitative estimate of drug-likeness (QED) is 0.858. The molecule has 1 aromatic carbocycles. The van der Waals surface area contributed by atoms with E-state index in [1.165, 1.54) is 0 Å². The van der Waals surface area contributed by atoms with E-state index in [9.17, 15) is 0 Å². The van der Waals surface area contributed by atoms with Crippen LogP contribution in [0.4, 0.5) is 5.69 Å². The van der Waals surface area contributed by atoms with Gasteiger partial charge in [-0.25, -0.2) is 0 Å². The maximum atomic E-state index is 6.11. The predicted molar refractivity (Wildman–Crippen MR) is 78.5 cm³/mol. The normalized spacial score (nSPS) is 18.6. The van der Waals surface area contributed by atoms with E-state index in [0.717, 1.165) is 49.9 Å². The Labute approximate surface area is 115 Å². The van der Waals surface area contributed by atoms with E-state index in [-0.39, 0.29) is 0 Å². The van der Waals surface area contributed by atoms with E-state index in [1.54, 1.807) is 0 Å². The van der Waals surface area contributed by atoms with Gasteiger partial charge in [0.15, 0.2) is 0 Å². The average Bonchev–Trinajstić information content (AvgIpc) is 2.42. The van der Waals surface area contributed by atoms with E-state index in [2.05, 4.69) is 22.5 Å². The zero-order valence-electron chi connectivity index (χ0n) is 11.0. The van der Waals surface area contributed by atoms with Crippen LogP contribution in [0.3, 0.4) is 0 Å². The molecule has 0 saturated carbocycles. The highest BCUT2D eigenvalue weighted by Crippen LogP contribution is 2.20. The Bertz CT molecular complexity index is 364. The number of hydrogen-bond donors (Lipinski definition) is 2. The summed E-state index contributed by atoms with van der Waals surface area (Å²) in [6.07, 6.45) is 1.14. The lowest BCUT2D eigenvalue weighted by Gasteiger charge is -2.32. The molecule has 1 aliphatic heterocycles. The summed E-state index contributed by atoms with van der Waals surface area (Å²) >= 11 is 6.11. The summed E-state index contributed by atoms with van der Waals surface area (Å²) in [5.41, 5.74) is 1.03. The summed E-state index contributed by atoms with van der Waals surface area (Å²) in [5.74, 6) is 0. The van der Waals surface area contributed by atoms with E-state index in [0.29, 0.717) is 6.04 Å². The van der Waals surface area contributed by atoms with Gasteiger partial charge in [0.1, 0.15) is 0 Å². The first-order valence-electron chi connectivity index (χ1n) is 6.70.